The zero-order chi connectivity index (χ0) is 16.8. The van der Waals surface area contributed by atoms with Gasteiger partial charge < -0.3 is 14.6 Å². The monoisotopic (exact) mass is 322 g/mol. The van der Waals surface area contributed by atoms with Crippen LogP contribution in [-0.4, -0.2) is 67.5 Å². The first kappa shape index (κ1) is 18.0. The molecule has 23 heavy (non-hydrogen) atoms. The van der Waals surface area contributed by atoms with E-state index in [1.54, 1.807) is 14.2 Å². The van der Waals surface area contributed by atoms with Gasteiger partial charge in [0.05, 0.1) is 14.2 Å². The van der Waals surface area contributed by atoms with E-state index < -0.39 is 0 Å². The summed E-state index contributed by atoms with van der Waals surface area (Å²) in [5.41, 5.74) is 1.18. The Bertz CT molecular complexity index is 493. The Morgan fingerprint density at radius 3 is 2.61 bits per heavy atom. The van der Waals surface area contributed by atoms with Gasteiger partial charge in [0.25, 0.3) is 0 Å². The molecular formula is C18H30N2O3. The van der Waals surface area contributed by atoms with Crippen LogP contribution in [0.3, 0.4) is 0 Å². The fraction of sp³-hybridized carbons (Fsp3) is 0.667. The number of benzene rings is 1. The van der Waals surface area contributed by atoms with Crippen LogP contribution in [0.1, 0.15) is 25.8 Å². The van der Waals surface area contributed by atoms with Crippen LogP contribution in [0.5, 0.6) is 11.5 Å². The minimum absolute atomic E-state index is 0.244. The molecule has 1 atom stereocenters. The van der Waals surface area contributed by atoms with Crippen LogP contribution < -0.4 is 9.47 Å². The van der Waals surface area contributed by atoms with Crippen molar-refractivity contribution < 1.29 is 14.6 Å². The lowest BCUT2D eigenvalue weighted by atomic mass is 10.1. The van der Waals surface area contributed by atoms with Gasteiger partial charge in [-0.25, -0.2) is 0 Å². The van der Waals surface area contributed by atoms with E-state index >= 15 is 0 Å². The van der Waals surface area contributed by atoms with Crippen molar-refractivity contribution in [3.05, 3.63) is 23.8 Å². The molecule has 5 heteroatoms. The van der Waals surface area contributed by atoms with Gasteiger partial charge >= 0.3 is 0 Å². The number of ether oxygens (including phenoxy) is 2. The average molecular weight is 322 g/mol. The molecule has 0 spiro atoms. The first-order chi connectivity index (χ1) is 11.1. The van der Waals surface area contributed by atoms with Crippen LogP contribution >= 0.6 is 0 Å². The maximum atomic E-state index is 9.35. The second-order valence-corrected chi connectivity index (χ2v) is 6.41. The van der Waals surface area contributed by atoms with Gasteiger partial charge in [-0.05, 0) is 26.3 Å². The smallest absolute Gasteiger partial charge is 0.127 e. The number of aliphatic hydroxyl groups excluding tert-OH is 1. The van der Waals surface area contributed by atoms with E-state index in [0.717, 1.165) is 44.1 Å². The number of methoxy groups -OCH3 is 2. The molecule has 1 aliphatic rings. The minimum atomic E-state index is 0.244. The second-order valence-electron chi connectivity index (χ2n) is 6.41. The van der Waals surface area contributed by atoms with Crippen LogP contribution in [0.15, 0.2) is 18.2 Å². The highest BCUT2D eigenvalue weighted by Crippen LogP contribution is 2.27. The lowest BCUT2D eigenvalue weighted by Gasteiger charge is -2.43. The summed E-state index contributed by atoms with van der Waals surface area (Å²) in [5.74, 6) is 1.68. The van der Waals surface area contributed by atoms with Crippen molar-refractivity contribution in [3.63, 3.8) is 0 Å². The summed E-state index contributed by atoms with van der Waals surface area (Å²) in [7, 11) is 3.36. The number of aliphatic hydroxyl groups is 1. The number of piperazine rings is 1. The predicted molar refractivity (Wildman–Crippen MR) is 92.2 cm³/mol. The molecule has 0 unspecified atom stereocenters. The van der Waals surface area contributed by atoms with Crippen molar-refractivity contribution in [1.29, 1.82) is 0 Å². The summed E-state index contributed by atoms with van der Waals surface area (Å²) < 4.78 is 10.8. The van der Waals surface area contributed by atoms with Crippen molar-refractivity contribution >= 4 is 0 Å². The molecule has 0 radical (unpaired) electrons. The molecule has 1 saturated heterocycles. The summed E-state index contributed by atoms with van der Waals surface area (Å²) in [6.07, 6.45) is 0.828. The number of hydrogen-bond donors (Lipinski definition) is 1. The summed E-state index contributed by atoms with van der Waals surface area (Å²) in [4.78, 5) is 4.95. The van der Waals surface area contributed by atoms with E-state index in [1.165, 1.54) is 5.56 Å². The molecule has 1 fully saturated rings. The fourth-order valence-corrected chi connectivity index (χ4v) is 3.39. The van der Waals surface area contributed by atoms with Crippen molar-refractivity contribution in [2.45, 2.75) is 38.9 Å². The zero-order valence-corrected chi connectivity index (χ0v) is 14.8. The van der Waals surface area contributed by atoms with Crippen LogP contribution in [0.2, 0.25) is 0 Å². The largest absolute Gasteiger partial charge is 0.497 e. The highest BCUT2D eigenvalue weighted by Gasteiger charge is 2.28. The van der Waals surface area contributed by atoms with Gasteiger partial charge in [0.2, 0.25) is 0 Å². The Balaban J connectivity index is 2.06. The fourth-order valence-electron chi connectivity index (χ4n) is 3.39. The SMILES string of the molecule is COc1ccc(CN2CCN(C(C)C)[C@@H](CCO)C2)c(OC)c1. The molecule has 1 aromatic rings. The quantitative estimate of drug-likeness (QED) is 0.832. The van der Waals surface area contributed by atoms with Crippen LogP contribution in [0, 0.1) is 0 Å². The lowest BCUT2D eigenvalue weighted by Crippen LogP contribution is -2.55. The van der Waals surface area contributed by atoms with Crippen molar-refractivity contribution in [1.82, 2.24) is 9.80 Å². The summed E-state index contributed by atoms with van der Waals surface area (Å²) in [6, 6.07) is 6.92. The van der Waals surface area contributed by atoms with E-state index in [2.05, 4.69) is 29.7 Å². The average Bonchev–Trinajstić information content (AvgIpc) is 2.55. The van der Waals surface area contributed by atoms with E-state index in [0.29, 0.717) is 12.1 Å². The predicted octanol–water partition coefficient (Wildman–Crippen LogP) is 1.98. The third kappa shape index (κ3) is 4.59. The molecule has 0 amide bonds. The van der Waals surface area contributed by atoms with Gasteiger partial charge in [0.1, 0.15) is 11.5 Å². The van der Waals surface area contributed by atoms with Gasteiger partial charge in [0, 0.05) is 56.5 Å². The maximum absolute atomic E-state index is 9.35. The first-order valence-corrected chi connectivity index (χ1v) is 8.39. The molecule has 2 rings (SSSR count). The summed E-state index contributed by atoms with van der Waals surface area (Å²) in [6.45, 7) is 8.62. The topological polar surface area (TPSA) is 45.2 Å². The van der Waals surface area contributed by atoms with Crippen LogP contribution in [-0.2, 0) is 6.54 Å². The first-order valence-electron chi connectivity index (χ1n) is 8.39. The summed E-state index contributed by atoms with van der Waals surface area (Å²) in [5, 5.41) is 9.35. The molecule has 0 saturated carbocycles. The lowest BCUT2D eigenvalue weighted by molar-refractivity contribution is 0.0346. The van der Waals surface area contributed by atoms with Crippen LogP contribution in [0.25, 0.3) is 0 Å². The second kappa shape index (κ2) is 8.52. The van der Waals surface area contributed by atoms with Gasteiger partial charge in [-0.3, -0.25) is 9.80 Å². The number of nitrogens with zero attached hydrogens (tertiary/aromatic N) is 2. The Morgan fingerprint density at radius 1 is 1.22 bits per heavy atom. The molecule has 0 aliphatic carbocycles. The van der Waals surface area contributed by atoms with Crippen molar-refractivity contribution in [2.75, 3.05) is 40.5 Å². The molecule has 5 nitrogen and oxygen atoms in total. The molecule has 1 N–H and O–H groups in total. The maximum Gasteiger partial charge on any atom is 0.127 e. The van der Waals surface area contributed by atoms with Crippen molar-refractivity contribution in [2.24, 2.45) is 0 Å². The van der Waals surface area contributed by atoms with E-state index in [9.17, 15) is 5.11 Å². The van der Waals surface area contributed by atoms with Gasteiger partial charge in [0.15, 0.2) is 0 Å². The Morgan fingerprint density at radius 2 is 2.00 bits per heavy atom. The van der Waals surface area contributed by atoms with E-state index in [4.69, 9.17) is 9.47 Å². The van der Waals surface area contributed by atoms with Gasteiger partial charge in [-0.2, -0.15) is 0 Å². The standard InChI is InChI=1S/C18H30N2O3/c1-14(2)20-9-8-19(13-16(20)7-10-21)12-15-5-6-17(22-3)11-18(15)23-4/h5-6,11,14,16,21H,7-10,12-13H2,1-4H3/t16-/m0/s1. The van der Waals surface area contributed by atoms with E-state index in [-0.39, 0.29) is 6.61 Å². The Hall–Kier alpha value is -1.30. The number of rotatable bonds is 7. The third-order valence-electron chi connectivity index (χ3n) is 4.63. The molecule has 1 heterocycles. The van der Waals surface area contributed by atoms with Crippen LogP contribution in [0.4, 0.5) is 0 Å². The molecule has 0 aromatic heterocycles. The molecule has 0 bridgehead atoms. The van der Waals surface area contributed by atoms with E-state index in [1.807, 2.05) is 12.1 Å². The molecule has 1 aliphatic heterocycles. The van der Waals surface area contributed by atoms with Gasteiger partial charge in [-0.15, -0.1) is 0 Å². The Kier molecular flexibility index (Phi) is 6.69. The zero-order valence-electron chi connectivity index (χ0n) is 14.8. The summed E-state index contributed by atoms with van der Waals surface area (Å²) >= 11 is 0. The Labute approximate surface area is 139 Å². The highest BCUT2D eigenvalue weighted by molar-refractivity contribution is 5.40. The molecule has 1 aromatic carbocycles. The normalized spacial score (nSPS) is 20.0. The molecule has 130 valence electrons. The van der Waals surface area contributed by atoms with Gasteiger partial charge in [-0.1, -0.05) is 6.07 Å². The highest BCUT2D eigenvalue weighted by atomic mass is 16.5. The third-order valence-corrected chi connectivity index (χ3v) is 4.63. The van der Waals surface area contributed by atoms with Crippen molar-refractivity contribution in [3.8, 4) is 11.5 Å². The minimum Gasteiger partial charge on any atom is -0.497 e. The molecular weight excluding hydrogens is 292 g/mol. The number of hydrogen-bond acceptors (Lipinski definition) is 5.